The predicted octanol–water partition coefficient (Wildman–Crippen LogP) is 4.47. The summed E-state index contributed by atoms with van der Waals surface area (Å²) in [5, 5.41) is 9.27. The van der Waals surface area contributed by atoms with Gasteiger partial charge in [-0.3, -0.25) is 9.59 Å². The van der Waals surface area contributed by atoms with Crippen LogP contribution in [0.25, 0.3) is 0 Å². The summed E-state index contributed by atoms with van der Waals surface area (Å²) in [6.07, 6.45) is 0.254. The van der Waals surface area contributed by atoms with Gasteiger partial charge in [-0.2, -0.15) is 0 Å². The Morgan fingerprint density at radius 1 is 1.05 bits per heavy atom. The molecular formula is C17H15ClO3S. The molecule has 0 aliphatic heterocycles. The number of thioether (sulfide) groups is 1. The van der Waals surface area contributed by atoms with Crippen LogP contribution in [0.3, 0.4) is 0 Å². The molecule has 0 radical (unpaired) electrons. The number of carboxylic acids is 1. The van der Waals surface area contributed by atoms with E-state index in [1.165, 1.54) is 11.8 Å². The highest BCUT2D eigenvalue weighted by atomic mass is 35.5. The lowest BCUT2D eigenvalue weighted by Gasteiger charge is -2.15. The van der Waals surface area contributed by atoms with Gasteiger partial charge in [0.15, 0.2) is 5.78 Å². The minimum atomic E-state index is -0.884. The maximum Gasteiger partial charge on any atom is 0.313 e. The van der Waals surface area contributed by atoms with E-state index >= 15 is 0 Å². The third-order valence-electron chi connectivity index (χ3n) is 3.12. The van der Waals surface area contributed by atoms with Crippen molar-refractivity contribution in [3.63, 3.8) is 0 Å². The lowest BCUT2D eigenvalue weighted by atomic mass is 10.0. The number of benzene rings is 2. The molecule has 0 bridgehead atoms. The van der Waals surface area contributed by atoms with Crippen molar-refractivity contribution in [2.45, 2.75) is 11.7 Å². The molecular weight excluding hydrogens is 320 g/mol. The summed E-state index contributed by atoms with van der Waals surface area (Å²) in [6, 6.07) is 16.2. The molecule has 3 nitrogen and oxygen atoms in total. The summed E-state index contributed by atoms with van der Waals surface area (Å²) in [4.78, 5) is 23.2. The molecule has 0 spiro atoms. The van der Waals surface area contributed by atoms with Gasteiger partial charge in [-0.25, -0.2) is 0 Å². The number of carbonyl (C=O) groups is 2. The lowest BCUT2D eigenvalue weighted by molar-refractivity contribution is -0.133. The van der Waals surface area contributed by atoms with Crippen molar-refractivity contribution in [3.8, 4) is 0 Å². The first-order valence-corrected chi connectivity index (χ1v) is 8.16. The molecule has 0 aromatic heterocycles. The SMILES string of the molecule is O=C(O)CS[C@H](CC(=O)c1ccc(Cl)cc1)c1ccccc1. The standard InChI is InChI=1S/C17H15ClO3S/c18-14-8-6-12(7-9-14)15(19)10-16(22-11-17(20)21)13-4-2-1-3-5-13/h1-9,16H,10-11H2,(H,20,21)/t16-/m1/s1. The Morgan fingerprint density at radius 3 is 2.27 bits per heavy atom. The molecule has 0 unspecified atom stereocenters. The molecule has 0 aliphatic rings. The Kier molecular flexibility index (Phi) is 6.04. The van der Waals surface area contributed by atoms with Crippen LogP contribution in [0.5, 0.6) is 0 Å². The second-order valence-electron chi connectivity index (χ2n) is 4.74. The summed E-state index contributed by atoms with van der Waals surface area (Å²) in [6.45, 7) is 0. The fourth-order valence-corrected chi connectivity index (χ4v) is 3.12. The van der Waals surface area contributed by atoms with E-state index in [0.29, 0.717) is 10.6 Å². The van der Waals surface area contributed by atoms with E-state index in [-0.39, 0.29) is 23.2 Å². The molecule has 114 valence electrons. The van der Waals surface area contributed by atoms with E-state index in [2.05, 4.69) is 0 Å². The van der Waals surface area contributed by atoms with Gasteiger partial charge in [0, 0.05) is 22.3 Å². The van der Waals surface area contributed by atoms with Gasteiger partial charge in [0.2, 0.25) is 0 Å². The molecule has 0 aliphatic carbocycles. The van der Waals surface area contributed by atoms with Crippen molar-refractivity contribution >= 4 is 35.1 Å². The molecule has 1 N–H and O–H groups in total. The van der Waals surface area contributed by atoms with Crippen molar-refractivity contribution in [1.82, 2.24) is 0 Å². The molecule has 2 aromatic carbocycles. The highest BCUT2D eigenvalue weighted by Gasteiger charge is 2.18. The fraction of sp³-hybridized carbons (Fsp3) is 0.176. The Balaban J connectivity index is 2.13. The molecule has 1 atom stereocenters. The highest BCUT2D eigenvalue weighted by Crippen LogP contribution is 2.33. The average Bonchev–Trinajstić information content (AvgIpc) is 2.52. The normalized spacial score (nSPS) is 11.9. The highest BCUT2D eigenvalue weighted by molar-refractivity contribution is 8.00. The molecule has 2 rings (SSSR count). The average molecular weight is 335 g/mol. The van der Waals surface area contributed by atoms with Crippen LogP contribution < -0.4 is 0 Å². The number of aliphatic carboxylic acids is 1. The molecule has 0 fully saturated rings. The lowest BCUT2D eigenvalue weighted by Crippen LogP contribution is -2.08. The van der Waals surface area contributed by atoms with Crippen LogP contribution in [0.1, 0.15) is 27.6 Å². The van der Waals surface area contributed by atoms with Gasteiger partial charge in [0.25, 0.3) is 0 Å². The maximum absolute atomic E-state index is 12.4. The van der Waals surface area contributed by atoms with Crippen LogP contribution >= 0.6 is 23.4 Å². The van der Waals surface area contributed by atoms with E-state index < -0.39 is 5.97 Å². The van der Waals surface area contributed by atoms with E-state index in [4.69, 9.17) is 16.7 Å². The fourth-order valence-electron chi connectivity index (χ4n) is 2.03. The number of hydrogen-bond donors (Lipinski definition) is 1. The van der Waals surface area contributed by atoms with Gasteiger partial charge in [0.1, 0.15) is 0 Å². The Labute approximate surface area is 138 Å². The van der Waals surface area contributed by atoms with Gasteiger partial charge >= 0.3 is 5.97 Å². The van der Waals surface area contributed by atoms with Gasteiger partial charge in [-0.15, -0.1) is 11.8 Å². The van der Waals surface area contributed by atoms with E-state index in [0.717, 1.165) is 5.56 Å². The van der Waals surface area contributed by atoms with Crippen molar-refractivity contribution < 1.29 is 14.7 Å². The first kappa shape index (κ1) is 16.6. The molecule has 0 saturated heterocycles. The second-order valence-corrected chi connectivity index (χ2v) is 6.37. The van der Waals surface area contributed by atoms with Crippen LogP contribution in [0, 0.1) is 0 Å². The first-order chi connectivity index (χ1) is 10.6. The monoisotopic (exact) mass is 334 g/mol. The number of hydrogen-bond acceptors (Lipinski definition) is 3. The molecule has 0 heterocycles. The largest absolute Gasteiger partial charge is 0.481 e. The van der Waals surface area contributed by atoms with Crippen LogP contribution in [0.2, 0.25) is 5.02 Å². The van der Waals surface area contributed by atoms with E-state index in [9.17, 15) is 9.59 Å². The number of rotatable bonds is 7. The van der Waals surface area contributed by atoms with Crippen LogP contribution in [-0.2, 0) is 4.79 Å². The number of carboxylic acid groups (broad SMARTS) is 1. The van der Waals surface area contributed by atoms with Gasteiger partial charge in [0.05, 0.1) is 5.75 Å². The maximum atomic E-state index is 12.4. The topological polar surface area (TPSA) is 54.4 Å². The van der Waals surface area contributed by atoms with Gasteiger partial charge < -0.3 is 5.11 Å². The first-order valence-electron chi connectivity index (χ1n) is 6.73. The third kappa shape index (κ3) is 4.90. The van der Waals surface area contributed by atoms with Crippen molar-refractivity contribution in [2.24, 2.45) is 0 Å². The number of ketones is 1. The van der Waals surface area contributed by atoms with Crippen molar-refractivity contribution in [3.05, 3.63) is 70.7 Å². The summed E-state index contributed by atoms with van der Waals surface area (Å²) < 4.78 is 0. The molecule has 0 amide bonds. The Bertz CT molecular complexity index is 641. The Morgan fingerprint density at radius 2 is 1.68 bits per heavy atom. The van der Waals surface area contributed by atoms with Crippen LogP contribution in [0.4, 0.5) is 0 Å². The molecule has 22 heavy (non-hydrogen) atoms. The molecule has 5 heteroatoms. The number of Topliss-reactive ketones (excluding diaryl/α,β-unsaturated/α-hetero) is 1. The summed E-state index contributed by atoms with van der Waals surface area (Å²) in [7, 11) is 0. The minimum absolute atomic E-state index is 0.0246. The van der Waals surface area contributed by atoms with Crippen LogP contribution in [0.15, 0.2) is 54.6 Å². The molecule has 0 saturated carbocycles. The zero-order valence-corrected chi connectivity index (χ0v) is 13.3. The van der Waals surface area contributed by atoms with Gasteiger partial charge in [-0.1, -0.05) is 41.9 Å². The Hall–Kier alpha value is -1.78. The quantitative estimate of drug-likeness (QED) is 0.759. The second kappa shape index (κ2) is 8.01. The van der Waals surface area contributed by atoms with Crippen LogP contribution in [-0.4, -0.2) is 22.6 Å². The summed E-state index contributed by atoms with van der Waals surface area (Å²) in [5.74, 6) is -0.943. The van der Waals surface area contributed by atoms with E-state index in [1.54, 1.807) is 24.3 Å². The molecule has 2 aromatic rings. The smallest absolute Gasteiger partial charge is 0.313 e. The number of halogens is 1. The number of carbonyl (C=O) groups excluding carboxylic acids is 1. The third-order valence-corrected chi connectivity index (χ3v) is 4.62. The van der Waals surface area contributed by atoms with Crippen molar-refractivity contribution in [1.29, 1.82) is 0 Å². The zero-order chi connectivity index (χ0) is 15.9. The van der Waals surface area contributed by atoms with Crippen molar-refractivity contribution in [2.75, 3.05) is 5.75 Å². The zero-order valence-electron chi connectivity index (χ0n) is 11.7. The predicted molar refractivity (Wildman–Crippen MR) is 89.7 cm³/mol. The minimum Gasteiger partial charge on any atom is -0.481 e. The van der Waals surface area contributed by atoms with Gasteiger partial charge in [-0.05, 0) is 29.8 Å². The van der Waals surface area contributed by atoms with E-state index in [1.807, 2.05) is 30.3 Å². The summed E-state index contributed by atoms with van der Waals surface area (Å²) >= 11 is 7.08. The summed E-state index contributed by atoms with van der Waals surface area (Å²) in [5.41, 5.74) is 1.54.